The second-order valence-corrected chi connectivity index (χ2v) is 6.04. The van der Waals surface area contributed by atoms with E-state index in [2.05, 4.69) is 5.32 Å². The lowest BCUT2D eigenvalue weighted by Gasteiger charge is -2.36. The lowest BCUT2D eigenvalue weighted by Crippen LogP contribution is -2.50. The molecule has 1 heterocycles. The quantitative estimate of drug-likeness (QED) is 0.864. The predicted molar refractivity (Wildman–Crippen MR) is 90.6 cm³/mol. The molecule has 132 valence electrons. The minimum atomic E-state index is -0.897. The Bertz CT molecular complexity index is 795. The van der Waals surface area contributed by atoms with Gasteiger partial charge >= 0.3 is 6.03 Å². The van der Waals surface area contributed by atoms with Crippen LogP contribution in [0.25, 0.3) is 0 Å². The van der Waals surface area contributed by atoms with E-state index < -0.39 is 17.5 Å². The molecular formula is C17H15ClF3N3O. The molecule has 0 atom stereocenters. The van der Waals surface area contributed by atoms with E-state index in [0.29, 0.717) is 37.6 Å². The molecule has 1 aliphatic rings. The molecule has 0 bridgehead atoms. The first-order valence-electron chi connectivity index (χ1n) is 7.65. The lowest BCUT2D eigenvalue weighted by atomic mass is 10.2. The number of benzene rings is 2. The number of amides is 2. The first-order valence-corrected chi connectivity index (χ1v) is 8.03. The van der Waals surface area contributed by atoms with Gasteiger partial charge in [0.25, 0.3) is 0 Å². The van der Waals surface area contributed by atoms with Crippen molar-refractivity contribution in [1.29, 1.82) is 0 Å². The number of halogens is 4. The second kappa shape index (κ2) is 7.23. The molecule has 1 aliphatic heterocycles. The maximum absolute atomic E-state index is 13.3. The van der Waals surface area contributed by atoms with Crippen LogP contribution < -0.4 is 10.2 Å². The van der Waals surface area contributed by atoms with E-state index >= 15 is 0 Å². The highest BCUT2D eigenvalue weighted by Crippen LogP contribution is 2.21. The van der Waals surface area contributed by atoms with E-state index in [1.807, 2.05) is 4.90 Å². The number of carbonyl (C=O) groups excluding carboxylic acids is 1. The zero-order valence-electron chi connectivity index (χ0n) is 13.1. The maximum atomic E-state index is 13.3. The Morgan fingerprint density at radius 1 is 0.920 bits per heavy atom. The summed E-state index contributed by atoms with van der Waals surface area (Å²) in [7, 11) is 0. The van der Waals surface area contributed by atoms with Crippen molar-refractivity contribution < 1.29 is 18.0 Å². The fourth-order valence-electron chi connectivity index (χ4n) is 2.63. The Morgan fingerprint density at radius 2 is 1.60 bits per heavy atom. The van der Waals surface area contributed by atoms with Gasteiger partial charge in [0.15, 0.2) is 11.6 Å². The molecule has 0 aliphatic carbocycles. The van der Waals surface area contributed by atoms with Gasteiger partial charge in [-0.25, -0.2) is 18.0 Å². The third-order valence-corrected chi connectivity index (χ3v) is 4.30. The minimum absolute atomic E-state index is 0.0686. The Labute approximate surface area is 147 Å². The highest BCUT2D eigenvalue weighted by atomic mass is 35.5. The lowest BCUT2D eigenvalue weighted by molar-refractivity contribution is 0.208. The Hall–Kier alpha value is -2.41. The molecule has 0 unspecified atom stereocenters. The molecule has 1 N–H and O–H groups in total. The predicted octanol–water partition coefficient (Wildman–Crippen LogP) is 4.11. The van der Waals surface area contributed by atoms with Crippen molar-refractivity contribution >= 4 is 29.0 Å². The van der Waals surface area contributed by atoms with Gasteiger partial charge < -0.3 is 15.1 Å². The van der Waals surface area contributed by atoms with Crippen LogP contribution in [-0.2, 0) is 0 Å². The van der Waals surface area contributed by atoms with Crippen LogP contribution >= 0.6 is 11.6 Å². The highest BCUT2D eigenvalue weighted by Gasteiger charge is 2.22. The van der Waals surface area contributed by atoms with E-state index in [0.717, 1.165) is 12.1 Å². The van der Waals surface area contributed by atoms with Crippen LogP contribution in [0.2, 0.25) is 5.02 Å². The maximum Gasteiger partial charge on any atom is 0.321 e. The fourth-order valence-corrected chi connectivity index (χ4v) is 2.81. The van der Waals surface area contributed by atoms with Gasteiger partial charge in [-0.15, -0.1) is 0 Å². The Morgan fingerprint density at radius 3 is 2.24 bits per heavy atom. The number of nitrogens with zero attached hydrogens (tertiary/aromatic N) is 2. The van der Waals surface area contributed by atoms with Crippen molar-refractivity contribution in [2.45, 2.75) is 0 Å². The standard InChI is InChI=1S/C17H15ClF3N3O/c18-13-9-11(1-3-14(13)19)22-17(25)24-7-5-23(6-8-24)12-2-4-15(20)16(21)10-12/h1-4,9-10H,5-8H2,(H,22,25). The molecule has 1 saturated heterocycles. The number of urea groups is 1. The monoisotopic (exact) mass is 369 g/mol. The first-order chi connectivity index (χ1) is 11.9. The summed E-state index contributed by atoms with van der Waals surface area (Å²) in [5.41, 5.74) is 0.976. The van der Waals surface area contributed by atoms with Gasteiger partial charge in [0, 0.05) is 43.6 Å². The molecule has 0 saturated carbocycles. The number of carbonyl (C=O) groups is 1. The summed E-state index contributed by atoms with van der Waals surface area (Å²) in [5, 5.41) is 2.59. The molecule has 0 aromatic heterocycles. The number of hydrogen-bond donors (Lipinski definition) is 1. The van der Waals surface area contributed by atoms with Crippen LogP contribution in [0.4, 0.5) is 29.3 Å². The summed E-state index contributed by atoms with van der Waals surface area (Å²) in [6, 6.07) is 7.36. The summed E-state index contributed by atoms with van der Waals surface area (Å²) >= 11 is 5.69. The van der Waals surface area contributed by atoms with Crippen LogP contribution in [0.1, 0.15) is 0 Å². The van der Waals surface area contributed by atoms with Crippen molar-refractivity contribution in [3.8, 4) is 0 Å². The van der Waals surface area contributed by atoms with Crippen molar-refractivity contribution in [3.05, 3.63) is 58.9 Å². The van der Waals surface area contributed by atoms with Crippen molar-refractivity contribution in [2.24, 2.45) is 0 Å². The van der Waals surface area contributed by atoms with E-state index in [9.17, 15) is 18.0 Å². The summed E-state index contributed by atoms with van der Waals surface area (Å²) in [5.74, 6) is -2.34. The van der Waals surface area contributed by atoms with Crippen molar-refractivity contribution in [1.82, 2.24) is 4.90 Å². The first kappa shape index (κ1) is 17.4. The summed E-state index contributed by atoms with van der Waals surface area (Å²) < 4.78 is 39.5. The molecular weight excluding hydrogens is 355 g/mol. The molecule has 2 amide bonds. The largest absolute Gasteiger partial charge is 0.368 e. The van der Waals surface area contributed by atoms with Gasteiger partial charge in [-0.05, 0) is 30.3 Å². The highest BCUT2D eigenvalue weighted by molar-refractivity contribution is 6.31. The third-order valence-electron chi connectivity index (χ3n) is 4.01. The smallest absolute Gasteiger partial charge is 0.321 e. The van der Waals surface area contributed by atoms with E-state index in [1.165, 1.54) is 24.3 Å². The molecule has 3 rings (SSSR count). The van der Waals surface area contributed by atoms with Gasteiger partial charge in [0.05, 0.1) is 5.02 Å². The Balaban J connectivity index is 1.58. The van der Waals surface area contributed by atoms with E-state index in [-0.39, 0.29) is 11.1 Å². The molecule has 2 aromatic rings. The van der Waals surface area contributed by atoms with Gasteiger partial charge in [0.1, 0.15) is 5.82 Å². The number of piperazine rings is 1. The minimum Gasteiger partial charge on any atom is -0.368 e. The zero-order chi connectivity index (χ0) is 18.0. The van der Waals surface area contributed by atoms with Gasteiger partial charge in [-0.2, -0.15) is 0 Å². The van der Waals surface area contributed by atoms with Crippen LogP contribution in [-0.4, -0.2) is 37.1 Å². The average Bonchev–Trinajstić information content (AvgIpc) is 2.61. The molecule has 8 heteroatoms. The molecule has 0 spiro atoms. The van der Waals surface area contributed by atoms with E-state index in [4.69, 9.17) is 11.6 Å². The van der Waals surface area contributed by atoms with Crippen LogP contribution in [0.3, 0.4) is 0 Å². The number of rotatable bonds is 2. The molecule has 25 heavy (non-hydrogen) atoms. The summed E-state index contributed by atoms with van der Waals surface area (Å²) in [6.07, 6.45) is 0. The van der Waals surface area contributed by atoms with Crippen LogP contribution in [0.5, 0.6) is 0 Å². The number of nitrogens with one attached hydrogen (secondary N) is 1. The molecule has 0 radical (unpaired) electrons. The number of anilines is 2. The second-order valence-electron chi connectivity index (χ2n) is 5.63. The molecule has 4 nitrogen and oxygen atoms in total. The van der Waals surface area contributed by atoms with Crippen LogP contribution in [0.15, 0.2) is 36.4 Å². The van der Waals surface area contributed by atoms with Gasteiger partial charge in [0.2, 0.25) is 0 Å². The topological polar surface area (TPSA) is 35.6 Å². The summed E-state index contributed by atoms with van der Waals surface area (Å²) in [6.45, 7) is 1.81. The molecule has 1 fully saturated rings. The fraction of sp³-hybridized carbons (Fsp3) is 0.235. The van der Waals surface area contributed by atoms with E-state index in [1.54, 1.807) is 4.90 Å². The SMILES string of the molecule is O=C(Nc1ccc(F)c(Cl)c1)N1CCN(c2ccc(F)c(F)c2)CC1. The van der Waals surface area contributed by atoms with Gasteiger partial charge in [-0.1, -0.05) is 11.6 Å². The third kappa shape index (κ3) is 3.99. The van der Waals surface area contributed by atoms with Crippen molar-refractivity contribution in [3.63, 3.8) is 0 Å². The Kier molecular flexibility index (Phi) is 5.03. The van der Waals surface area contributed by atoms with Crippen molar-refractivity contribution in [2.75, 3.05) is 36.4 Å². The van der Waals surface area contributed by atoms with Crippen LogP contribution in [0, 0.1) is 17.5 Å². The zero-order valence-corrected chi connectivity index (χ0v) is 13.9. The normalized spacial score (nSPS) is 14.6. The average molecular weight is 370 g/mol. The van der Waals surface area contributed by atoms with Gasteiger partial charge in [-0.3, -0.25) is 0 Å². The molecule has 2 aromatic carbocycles. The number of hydrogen-bond acceptors (Lipinski definition) is 2. The summed E-state index contributed by atoms with van der Waals surface area (Å²) in [4.78, 5) is 15.7.